The molecule has 0 radical (unpaired) electrons. The minimum Gasteiger partial charge on any atom is -0.258 e. The summed E-state index contributed by atoms with van der Waals surface area (Å²) in [6, 6.07) is 4.55. The molecule has 0 bridgehead atoms. The number of nitrogens with zero attached hydrogens (tertiary/aromatic N) is 4. The summed E-state index contributed by atoms with van der Waals surface area (Å²) in [7, 11) is 0. The van der Waals surface area contributed by atoms with Gasteiger partial charge in [-0.3, -0.25) is 10.1 Å². The summed E-state index contributed by atoms with van der Waals surface area (Å²) in [4.78, 5) is 10.5. The van der Waals surface area contributed by atoms with E-state index in [2.05, 4.69) is 10.3 Å². The van der Waals surface area contributed by atoms with Crippen LogP contribution in [-0.2, 0) is 13.0 Å². The smallest absolute Gasteiger partial charge is 0.258 e. The standard InChI is InChI=1S/C11H10Cl2N4O2/c12-4-3-10-7-16(15-14-10)6-8-1-2-9(13)5-11(8)17(18)19/h1-2,5,7H,3-4,6H2. The van der Waals surface area contributed by atoms with E-state index in [-0.39, 0.29) is 12.2 Å². The van der Waals surface area contributed by atoms with E-state index >= 15 is 0 Å². The van der Waals surface area contributed by atoms with E-state index in [4.69, 9.17) is 23.2 Å². The molecule has 0 spiro atoms. The Kier molecular flexibility index (Phi) is 4.34. The molecule has 0 aliphatic carbocycles. The van der Waals surface area contributed by atoms with Crippen molar-refractivity contribution in [2.75, 3.05) is 5.88 Å². The first-order valence-corrected chi connectivity index (χ1v) is 6.39. The zero-order valence-corrected chi connectivity index (χ0v) is 11.3. The summed E-state index contributed by atoms with van der Waals surface area (Å²) >= 11 is 11.4. The van der Waals surface area contributed by atoms with Crippen molar-refractivity contribution >= 4 is 28.9 Å². The van der Waals surface area contributed by atoms with Crippen molar-refractivity contribution in [3.05, 3.63) is 50.8 Å². The predicted molar refractivity (Wildman–Crippen MR) is 71.7 cm³/mol. The van der Waals surface area contributed by atoms with Gasteiger partial charge in [-0.05, 0) is 12.1 Å². The molecule has 8 heteroatoms. The third-order valence-electron chi connectivity index (χ3n) is 2.51. The lowest BCUT2D eigenvalue weighted by atomic mass is 10.2. The van der Waals surface area contributed by atoms with Gasteiger partial charge >= 0.3 is 0 Å². The Bertz CT molecular complexity index is 600. The van der Waals surface area contributed by atoms with Gasteiger partial charge in [-0.2, -0.15) is 0 Å². The summed E-state index contributed by atoms with van der Waals surface area (Å²) < 4.78 is 1.54. The first-order chi connectivity index (χ1) is 9.10. The molecule has 0 N–H and O–H groups in total. The number of alkyl halides is 1. The van der Waals surface area contributed by atoms with E-state index in [0.29, 0.717) is 22.9 Å². The van der Waals surface area contributed by atoms with Gasteiger partial charge in [0.15, 0.2) is 0 Å². The molecule has 19 heavy (non-hydrogen) atoms. The van der Waals surface area contributed by atoms with Gasteiger partial charge in [0.2, 0.25) is 0 Å². The van der Waals surface area contributed by atoms with Crippen molar-refractivity contribution in [1.29, 1.82) is 0 Å². The van der Waals surface area contributed by atoms with E-state index in [1.54, 1.807) is 18.3 Å². The average molecular weight is 301 g/mol. The summed E-state index contributed by atoms with van der Waals surface area (Å²) in [6.45, 7) is 0.267. The van der Waals surface area contributed by atoms with Gasteiger partial charge in [-0.1, -0.05) is 16.8 Å². The number of nitro benzene ring substituents is 1. The second-order valence-corrected chi connectivity index (χ2v) is 4.69. The summed E-state index contributed by atoms with van der Waals surface area (Å²) in [5.74, 6) is 0.458. The molecule has 0 aliphatic heterocycles. The van der Waals surface area contributed by atoms with Crippen LogP contribution in [-0.4, -0.2) is 25.8 Å². The molecule has 100 valence electrons. The van der Waals surface area contributed by atoms with Crippen LogP contribution in [0.1, 0.15) is 11.3 Å². The van der Waals surface area contributed by atoms with Crippen LogP contribution < -0.4 is 0 Å². The minimum atomic E-state index is -0.460. The Morgan fingerprint density at radius 3 is 2.89 bits per heavy atom. The molecule has 6 nitrogen and oxygen atoms in total. The molecule has 0 atom stereocenters. The third-order valence-corrected chi connectivity index (χ3v) is 2.94. The Morgan fingerprint density at radius 1 is 1.42 bits per heavy atom. The highest BCUT2D eigenvalue weighted by Gasteiger charge is 2.15. The molecule has 1 aromatic heterocycles. The maximum Gasteiger partial charge on any atom is 0.275 e. The number of benzene rings is 1. The predicted octanol–water partition coefficient (Wildman–Crippen LogP) is 2.67. The van der Waals surface area contributed by atoms with Crippen LogP contribution in [0.3, 0.4) is 0 Å². The number of nitro groups is 1. The fourth-order valence-electron chi connectivity index (χ4n) is 1.64. The number of rotatable bonds is 5. The number of aryl methyl sites for hydroxylation is 1. The SMILES string of the molecule is O=[N+]([O-])c1cc(Cl)ccc1Cn1cc(CCCl)nn1. The van der Waals surface area contributed by atoms with E-state index in [9.17, 15) is 10.1 Å². The highest BCUT2D eigenvalue weighted by molar-refractivity contribution is 6.30. The highest BCUT2D eigenvalue weighted by atomic mass is 35.5. The Labute approximate surface area is 119 Å². The van der Waals surface area contributed by atoms with Crippen LogP contribution in [0.15, 0.2) is 24.4 Å². The summed E-state index contributed by atoms with van der Waals surface area (Å²) in [5, 5.41) is 19.1. The van der Waals surface area contributed by atoms with E-state index in [1.807, 2.05) is 0 Å². The zero-order chi connectivity index (χ0) is 13.8. The fourth-order valence-corrected chi connectivity index (χ4v) is 2.00. The second-order valence-electron chi connectivity index (χ2n) is 3.88. The molecule has 2 aromatic rings. The first-order valence-electron chi connectivity index (χ1n) is 5.48. The third kappa shape index (κ3) is 3.42. The van der Waals surface area contributed by atoms with Gasteiger partial charge in [0.1, 0.15) is 0 Å². The van der Waals surface area contributed by atoms with Crippen molar-refractivity contribution in [3.8, 4) is 0 Å². The number of aromatic nitrogens is 3. The lowest BCUT2D eigenvalue weighted by Gasteiger charge is -2.03. The molecule has 1 aromatic carbocycles. The molecule has 2 rings (SSSR count). The lowest BCUT2D eigenvalue weighted by Crippen LogP contribution is -2.04. The van der Waals surface area contributed by atoms with E-state index in [0.717, 1.165) is 5.69 Å². The maximum atomic E-state index is 11.0. The monoisotopic (exact) mass is 300 g/mol. The summed E-state index contributed by atoms with van der Waals surface area (Å²) in [5.41, 5.74) is 1.25. The van der Waals surface area contributed by atoms with Gasteiger partial charge < -0.3 is 0 Å². The first kappa shape index (κ1) is 13.8. The molecule has 0 amide bonds. The minimum absolute atomic E-state index is 0.0260. The molecular weight excluding hydrogens is 291 g/mol. The molecule has 0 saturated heterocycles. The number of hydrogen-bond donors (Lipinski definition) is 0. The van der Waals surface area contributed by atoms with Crippen LogP contribution in [0, 0.1) is 10.1 Å². The van der Waals surface area contributed by atoms with Crippen LogP contribution in [0.2, 0.25) is 5.02 Å². The van der Waals surface area contributed by atoms with Crippen LogP contribution in [0.5, 0.6) is 0 Å². The topological polar surface area (TPSA) is 73.8 Å². The second kappa shape index (κ2) is 5.99. The van der Waals surface area contributed by atoms with Crippen molar-refractivity contribution in [2.45, 2.75) is 13.0 Å². The molecular formula is C11H10Cl2N4O2. The van der Waals surface area contributed by atoms with Crippen molar-refractivity contribution in [3.63, 3.8) is 0 Å². The molecule has 1 heterocycles. The number of halogens is 2. The lowest BCUT2D eigenvalue weighted by molar-refractivity contribution is -0.385. The Balaban J connectivity index is 2.24. The zero-order valence-electron chi connectivity index (χ0n) is 9.79. The van der Waals surface area contributed by atoms with E-state index in [1.165, 1.54) is 10.7 Å². The Morgan fingerprint density at radius 2 is 2.21 bits per heavy atom. The highest BCUT2D eigenvalue weighted by Crippen LogP contribution is 2.23. The largest absolute Gasteiger partial charge is 0.275 e. The van der Waals surface area contributed by atoms with Gasteiger partial charge in [0, 0.05) is 29.6 Å². The number of hydrogen-bond acceptors (Lipinski definition) is 4. The molecule has 0 aliphatic rings. The van der Waals surface area contributed by atoms with Crippen molar-refractivity contribution < 1.29 is 4.92 Å². The van der Waals surface area contributed by atoms with Gasteiger partial charge in [0.05, 0.1) is 22.7 Å². The summed E-state index contributed by atoms with van der Waals surface area (Å²) in [6.07, 6.45) is 2.34. The van der Waals surface area contributed by atoms with Crippen molar-refractivity contribution in [1.82, 2.24) is 15.0 Å². The van der Waals surface area contributed by atoms with Crippen LogP contribution >= 0.6 is 23.2 Å². The average Bonchev–Trinajstić information content (AvgIpc) is 2.79. The van der Waals surface area contributed by atoms with Gasteiger partial charge in [-0.25, -0.2) is 4.68 Å². The van der Waals surface area contributed by atoms with Gasteiger partial charge in [0.25, 0.3) is 5.69 Å². The van der Waals surface area contributed by atoms with E-state index < -0.39 is 4.92 Å². The quantitative estimate of drug-likeness (QED) is 0.483. The van der Waals surface area contributed by atoms with Gasteiger partial charge in [-0.15, -0.1) is 16.7 Å². The normalized spacial score (nSPS) is 10.6. The molecule has 0 saturated carbocycles. The molecule has 0 fully saturated rings. The van der Waals surface area contributed by atoms with Crippen LogP contribution in [0.4, 0.5) is 5.69 Å². The maximum absolute atomic E-state index is 11.0. The van der Waals surface area contributed by atoms with Crippen LogP contribution in [0.25, 0.3) is 0 Å². The Hall–Kier alpha value is -1.66. The fraction of sp³-hybridized carbons (Fsp3) is 0.273. The molecule has 0 unspecified atom stereocenters. The van der Waals surface area contributed by atoms with Crippen molar-refractivity contribution in [2.24, 2.45) is 0 Å².